The molecule has 31 heavy (non-hydrogen) atoms. The van der Waals surface area contributed by atoms with Crippen LogP contribution in [-0.4, -0.2) is 27.7 Å². The molecule has 0 radical (unpaired) electrons. The predicted octanol–water partition coefficient (Wildman–Crippen LogP) is 5.66. The van der Waals surface area contributed by atoms with Crippen LogP contribution in [0.5, 0.6) is 0 Å². The maximum atomic E-state index is 13.6. The lowest BCUT2D eigenvalue weighted by Gasteiger charge is -2.22. The molecule has 1 unspecified atom stereocenters. The first kappa shape index (κ1) is 21.4. The van der Waals surface area contributed by atoms with Crippen molar-refractivity contribution in [3.05, 3.63) is 70.3 Å². The molecular weight excluding hydrogens is 429 g/mol. The van der Waals surface area contributed by atoms with Gasteiger partial charge >= 0.3 is 6.18 Å². The van der Waals surface area contributed by atoms with Gasteiger partial charge in [0.05, 0.1) is 28.3 Å². The molecule has 0 saturated heterocycles. The van der Waals surface area contributed by atoms with Crippen molar-refractivity contribution < 1.29 is 18.0 Å². The number of rotatable bonds is 3. The van der Waals surface area contributed by atoms with Crippen molar-refractivity contribution in [2.75, 3.05) is 11.9 Å². The molecule has 0 bridgehead atoms. The molecule has 1 amide bonds. The Morgan fingerprint density at radius 2 is 2.03 bits per heavy atom. The largest absolute Gasteiger partial charge is 0.435 e. The molecule has 1 aliphatic carbocycles. The van der Waals surface area contributed by atoms with Gasteiger partial charge in [0.15, 0.2) is 5.69 Å². The van der Waals surface area contributed by atoms with Crippen LogP contribution in [0.2, 0.25) is 5.02 Å². The number of hydrogen-bond acceptors (Lipinski definition) is 3. The van der Waals surface area contributed by atoms with Crippen LogP contribution in [0.25, 0.3) is 5.69 Å². The number of alkyl halides is 3. The van der Waals surface area contributed by atoms with Crippen molar-refractivity contribution in [3.63, 3.8) is 0 Å². The van der Waals surface area contributed by atoms with E-state index in [0.717, 1.165) is 6.42 Å². The Bertz CT molecular complexity index is 1140. The molecule has 0 aliphatic heterocycles. The summed E-state index contributed by atoms with van der Waals surface area (Å²) >= 11 is 5.96. The summed E-state index contributed by atoms with van der Waals surface area (Å²) in [6, 6.07) is 8.08. The van der Waals surface area contributed by atoms with Crippen molar-refractivity contribution in [2.24, 2.45) is 0 Å². The highest BCUT2D eigenvalue weighted by molar-refractivity contribution is 6.30. The molecule has 1 aromatic carbocycles. The Morgan fingerprint density at radius 1 is 1.26 bits per heavy atom. The van der Waals surface area contributed by atoms with Crippen LogP contribution in [0.1, 0.15) is 53.0 Å². The van der Waals surface area contributed by atoms with Crippen LogP contribution in [0, 0.1) is 0 Å². The average molecular weight is 449 g/mol. The Hall–Kier alpha value is -2.87. The lowest BCUT2D eigenvalue weighted by Crippen LogP contribution is -2.26. The van der Waals surface area contributed by atoms with Gasteiger partial charge in [0.2, 0.25) is 0 Å². The Kier molecular flexibility index (Phi) is 5.51. The van der Waals surface area contributed by atoms with Crippen molar-refractivity contribution >= 4 is 23.2 Å². The summed E-state index contributed by atoms with van der Waals surface area (Å²) in [5, 5.41) is 4.33. The number of carbonyl (C=O) groups is 1. The van der Waals surface area contributed by atoms with E-state index in [1.54, 1.807) is 37.4 Å². The lowest BCUT2D eigenvalue weighted by atomic mass is 9.87. The van der Waals surface area contributed by atoms with Crippen LogP contribution in [-0.2, 0) is 12.6 Å². The van der Waals surface area contributed by atoms with Gasteiger partial charge in [-0.1, -0.05) is 24.6 Å². The minimum absolute atomic E-state index is 0.0630. The summed E-state index contributed by atoms with van der Waals surface area (Å²) in [7, 11) is 1.59. The number of halogens is 4. The number of pyridine rings is 1. The fourth-order valence-corrected chi connectivity index (χ4v) is 4.20. The highest BCUT2D eigenvalue weighted by atomic mass is 35.5. The molecule has 2 aromatic heterocycles. The van der Waals surface area contributed by atoms with E-state index < -0.39 is 11.9 Å². The number of nitrogens with zero attached hydrogens (tertiary/aromatic N) is 4. The van der Waals surface area contributed by atoms with E-state index in [4.69, 9.17) is 11.6 Å². The smallest absolute Gasteiger partial charge is 0.310 e. The molecule has 9 heteroatoms. The molecule has 2 heterocycles. The van der Waals surface area contributed by atoms with Gasteiger partial charge in [-0.05, 0) is 49.4 Å². The standard InChI is InChI=1S/C22H20ClF3N4O/c1-13-5-3-8-18-19(13)30(28-20(18)22(24,25)26)16-7-4-6-14(9-16)21(31)29(2)17-10-15(23)11-27-12-17/h4,6-7,9-13H,3,5,8H2,1-2H3. The number of hydrogen-bond donors (Lipinski definition) is 0. The summed E-state index contributed by atoms with van der Waals surface area (Å²) in [5.41, 5.74) is 1.23. The van der Waals surface area contributed by atoms with E-state index in [0.29, 0.717) is 40.5 Å². The molecule has 5 nitrogen and oxygen atoms in total. The van der Waals surface area contributed by atoms with Gasteiger partial charge in [-0.15, -0.1) is 0 Å². The molecule has 1 atom stereocenters. The highest BCUT2D eigenvalue weighted by Crippen LogP contribution is 2.40. The van der Waals surface area contributed by atoms with Crippen molar-refractivity contribution in [1.82, 2.24) is 14.8 Å². The lowest BCUT2D eigenvalue weighted by molar-refractivity contribution is -0.142. The maximum absolute atomic E-state index is 13.6. The zero-order valence-electron chi connectivity index (χ0n) is 16.9. The molecule has 0 saturated carbocycles. The normalized spacial score (nSPS) is 16.1. The van der Waals surface area contributed by atoms with Crippen molar-refractivity contribution in [2.45, 2.75) is 38.3 Å². The molecule has 0 fully saturated rings. The molecule has 1 aliphatic rings. The first-order chi connectivity index (χ1) is 14.7. The van der Waals surface area contributed by atoms with E-state index >= 15 is 0 Å². The molecular formula is C22H20ClF3N4O. The Morgan fingerprint density at radius 3 is 2.74 bits per heavy atom. The van der Waals surface area contributed by atoms with E-state index in [-0.39, 0.29) is 17.4 Å². The fourth-order valence-electron chi connectivity index (χ4n) is 4.03. The van der Waals surface area contributed by atoms with Gasteiger partial charge < -0.3 is 4.90 Å². The van der Waals surface area contributed by atoms with Crippen LogP contribution in [0.4, 0.5) is 18.9 Å². The summed E-state index contributed by atoms with van der Waals surface area (Å²) in [4.78, 5) is 18.4. The van der Waals surface area contributed by atoms with Gasteiger partial charge in [0, 0.05) is 24.4 Å². The molecule has 0 N–H and O–H groups in total. The van der Waals surface area contributed by atoms with Crippen LogP contribution < -0.4 is 4.90 Å². The number of amides is 1. The van der Waals surface area contributed by atoms with Crippen LogP contribution in [0.15, 0.2) is 42.7 Å². The minimum atomic E-state index is -4.53. The first-order valence-corrected chi connectivity index (χ1v) is 10.2. The second-order valence-corrected chi connectivity index (χ2v) is 8.13. The van der Waals surface area contributed by atoms with E-state index in [1.165, 1.54) is 22.0 Å². The van der Waals surface area contributed by atoms with E-state index in [1.807, 2.05) is 6.92 Å². The second kappa shape index (κ2) is 8.00. The predicted molar refractivity (Wildman–Crippen MR) is 112 cm³/mol. The molecule has 162 valence electrons. The summed E-state index contributed by atoms with van der Waals surface area (Å²) in [6.45, 7) is 1.91. The van der Waals surface area contributed by atoms with Crippen molar-refractivity contribution in [3.8, 4) is 5.69 Å². The van der Waals surface area contributed by atoms with Crippen LogP contribution in [0.3, 0.4) is 0 Å². The molecule has 4 rings (SSSR count). The van der Waals surface area contributed by atoms with E-state index in [2.05, 4.69) is 10.1 Å². The zero-order chi connectivity index (χ0) is 22.3. The van der Waals surface area contributed by atoms with Crippen LogP contribution >= 0.6 is 11.6 Å². The van der Waals surface area contributed by atoms with Gasteiger partial charge in [-0.25, -0.2) is 4.68 Å². The quantitative estimate of drug-likeness (QED) is 0.519. The first-order valence-electron chi connectivity index (χ1n) is 9.85. The third kappa shape index (κ3) is 4.04. The maximum Gasteiger partial charge on any atom is 0.435 e. The van der Waals surface area contributed by atoms with Gasteiger partial charge in [-0.3, -0.25) is 9.78 Å². The minimum Gasteiger partial charge on any atom is -0.310 e. The number of carbonyl (C=O) groups excluding carboxylic acids is 1. The Labute approximate surface area is 182 Å². The number of benzene rings is 1. The number of fused-ring (bicyclic) bond motifs is 1. The van der Waals surface area contributed by atoms with Gasteiger partial charge in [0.25, 0.3) is 5.91 Å². The second-order valence-electron chi connectivity index (χ2n) is 7.69. The molecule has 3 aromatic rings. The monoisotopic (exact) mass is 448 g/mol. The molecule has 0 spiro atoms. The summed E-state index contributed by atoms with van der Waals surface area (Å²) in [6.07, 6.45) is 0.273. The number of anilines is 1. The van der Waals surface area contributed by atoms with E-state index in [9.17, 15) is 18.0 Å². The zero-order valence-corrected chi connectivity index (χ0v) is 17.7. The van der Waals surface area contributed by atoms with Crippen molar-refractivity contribution in [1.29, 1.82) is 0 Å². The summed E-state index contributed by atoms with van der Waals surface area (Å²) in [5.74, 6) is -0.400. The average Bonchev–Trinajstić information content (AvgIpc) is 3.14. The topological polar surface area (TPSA) is 51.0 Å². The third-order valence-electron chi connectivity index (χ3n) is 5.54. The number of aromatic nitrogens is 3. The fraction of sp³-hybridized carbons (Fsp3) is 0.318. The third-order valence-corrected chi connectivity index (χ3v) is 5.75. The Balaban J connectivity index is 1.75. The van der Waals surface area contributed by atoms with Gasteiger partial charge in [-0.2, -0.15) is 18.3 Å². The highest BCUT2D eigenvalue weighted by Gasteiger charge is 2.41. The summed E-state index contributed by atoms with van der Waals surface area (Å²) < 4.78 is 42.2. The SMILES string of the molecule is CC1CCCc2c(C(F)(F)F)nn(-c3cccc(C(=O)N(C)c4cncc(Cl)c4)c3)c21. The van der Waals surface area contributed by atoms with Gasteiger partial charge in [0.1, 0.15) is 0 Å².